The van der Waals surface area contributed by atoms with Crippen LogP contribution < -0.4 is 15.3 Å². The number of carboxylic acids is 3. The predicted octanol–water partition coefficient (Wildman–Crippen LogP) is -5.60. The van der Waals surface area contributed by atoms with E-state index in [1.54, 1.807) is 0 Å². The maximum Gasteiger partial charge on any atom is 3.00 e. The quantitative estimate of drug-likeness (QED) is 0.390. The van der Waals surface area contributed by atoms with E-state index in [0.717, 1.165) is 18.2 Å². The monoisotopic (exact) mass is 325 g/mol. The molecule has 16 heavy (non-hydrogen) atoms. The van der Waals surface area contributed by atoms with Crippen molar-refractivity contribution in [1.29, 1.82) is 15.8 Å². The van der Waals surface area contributed by atoms with Crippen LogP contribution in [0.15, 0.2) is 0 Å². The van der Waals surface area contributed by atoms with E-state index in [0.29, 0.717) is 0 Å². The summed E-state index contributed by atoms with van der Waals surface area (Å²) in [6.07, 6.45) is 0. The van der Waals surface area contributed by atoms with Crippen LogP contribution in [-0.2, 0) is 14.4 Å². The van der Waals surface area contributed by atoms with Gasteiger partial charge in [-0.25, -0.2) is 0 Å². The summed E-state index contributed by atoms with van der Waals surface area (Å²) >= 11 is 0. The van der Waals surface area contributed by atoms with Gasteiger partial charge in [-0.05, 0) is 0 Å². The van der Waals surface area contributed by atoms with Gasteiger partial charge in [0, 0.05) is 0 Å². The third-order valence-electron chi connectivity index (χ3n) is 0.274. The maximum absolute atomic E-state index is 8.90. The number of carboxylic acid groups (broad SMARTS) is 3. The summed E-state index contributed by atoms with van der Waals surface area (Å²) in [6.45, 7) is 0. The molecule has 0 fully saturated rings. The van der Waals surface area contributed by atoms with Crippen molar-refractivity contribution in [2.45, 2.75) is 0 Å². The molecule has 9 nitrogen and oxygen atoms in total. The smallest absolute Gasteiger partial charge is 0.535 e. The summed E-state index contributed by atoms with van der Waals surface area (Å²) in [5.41, 5.74) is 0. The Balaban J connectivity index is -0.0000000655. The Labute approximate surface area is 108 Å². The minimum absolute atomic E-state index is 0. The van der Waals surface area contributed by atoms with E-state index in [2.05, 4.69) is 0 Å². The van der Waals surface area contributed by atoms with Gasteiger partial charge < -0.3 is 29.7 Å². The fraction of sp³-hybridized carbons (Fsp3) is 0. The molecule has 0 saturated carbocycles. The molecule has 0 rings (SSSR count). The van der Waals surface area contributed by atoms with E-state index in [4.69, 9.17) is 45.5 Å². The van der Waals surface area contributed by atoms with Gasteiger partial charge in [0.15, 0.2) is 0 Å². The summed E-state index contributed by atoms with van der Waals surface area (Å²) in [5.74, 6) is -5.07. The molecule has 0 aliphatic rings. The largest absolute Gasteiger partial charge is 3.00 e. The standard InChI is InChI=1S/3C2HNO2.In/c3*3-1-2(4)5;/h3*(H,4,5);/q;;;+3/p-3. The van der Waals surface area contributed by atoms with E-state index < -0.39 is 17.9 Å². The van der Waals surface area contributed by atoms with Gasteiger partial charge in [0.1, 0.15) is 36.1 Å². The van der Waals surface area contributed by atoms with Crippen LogP contribution in [0, 0.1) is 34.0 Å². The number of rotatable bonds is 0. The molecule has 0 unspecified atom stereocenters. The van der Waals surface area contributed by atoms with Crippen LogP contribution in [-0.4, -0.2) is 43.8 Å². The molecule has 0 aromatic heterocycles. The molecule has 10 heteroatoms. The molecule has 0 amide bonds. The van der Waals surface area contributed by atoms with E-state index in [9.17, 15) is 0 Å². The van der Waals surface area contributed by atoms with Crippen molar-refractivity contribution < 1.29 is 29.7 Å². The predicted molar refractivity (Wildman–Crippen MR) is 37.6 cm³/mol. The van der Waals surface area contributed by atoms with Gasteiger partial charge in [-0.1, -0.05) is 0 Å². The second-order valence-corrected chi connectivity index (χ2v) is 1.20. The van der Waals surface area contributed by atoms with Crippen molar-refractivity contribution in [3.63, 3.8) is 0 Å². The van der Waals surface area contributed by atoms with Gasteiger partial charge in [0.05, 0.1) is 0 Å². The van der Waals surface area contributed by atoms with Crippen LogP contribution in [0.4, 0.5) is 0 Å². The van der Waals surface area contributed by atoms with E-state index in [-0.39, 0.29) is 25.8 Å². The molecule has 0 aliphatic carbocycles. The molecule has 0 bridgehead atoms. The number of nitrogens with zero attached hydrogens (tertiary/aromatic N) is 3. The molecular weight excluding hydrogens is 325 g/mol. The molecule has 0 N–H and O–H groups in total. The van der Waals surface area contributed by atoms with Crippen molar-refractivity contribution in [3.8, 4) is 18.2 Å². The zero-order chi connectivity index (χ0) is 12.9. The first-order chi connectivity index (χ1) is 6.81. The molecule has 0 aromatic rings. The normalized spacial score (nSPS) is 5.06. The van der Waals surface area contributed by atoms with E-state index >= 15 is 0 Å². The molecule has 0 heterocycles. The van der Waals surface area contributed by atoms with Crippen LogP contribution in [0.1, 0.15) is 0 Å². The molecule has 78 valence electrons. The minimum atomic E-state index is -1.69. The number of carbonyl (C=O) groups is 3. The van der Waals surface area contributed by atoms with Crippen molar-refractivity contribution in [2.75, 3.05) is 0 Å². The number of aliphatic carboxylic acids is 3. The molecule has 0 aromatic carbocycles. The summed E-state index contributed by atoms with van der Waals surface area (Å²) in [6, 6.07) is 2.50. The number of nitriles is 3. The molecule has 0 saturated heterocycles. The first-order valence-electron chi connectivity index (χ1n) is 2.65. The van der Waals surface area contributed by atoms with Gasteiger partial charge in [0.2, 0.25) is 0 Å². The molecule has 0 spiro atoms. The van der Waals surface area contributed by atoms with Crippen molar-refractivity contribution >= 4 is 43.8 Å². The Kier molecular flexibility index (Phi) is 27.2. The third kappa shape index (κ3) is 96.6. The number of hydrogen-bond acceptors (Lipinski definition) is 9. The van der Waals surface area contributed by atoms with Crippen molar-refractivity contribution in [3.05, 3.63) is 0 Å². The first kappa shape index (κ1) is 23.5. The Morgan fingerprint density at radius 1 is 0.688 bits per heavy atom. The third-order valence-corrected chi connectivity index (χ3v) is 0.274. The Morgan fingerprint density at radius 2 is 0.750 bits per heavy atom. The van der Waals surface area contributed by atoms with Crippen molar-refractivity contribution in [2.24, 2.45) is 0 Å². The Morgan fingerprint density at radius 3 is 0.750 bits per heavy atom. The van der Waals surface area contributed by atoms with Gasteiger partial charge in [-0.15, -0.1) is 0 Å². The Bertz CT molecular complexity index is 303. The van der Waals surface area contributed by atoms with Crippen LogP contribution >= 0.6 is 0 Å². The molecular formula is C6InN3O6. The van der Waals surface area contributed by atoms with Crippen LogP contribution in [0.3, 0.4) is 0 Å². The van der Waals surface area contributed by atoms with Gasteiger partial charge in [0.25, 0.3) is 0 Å². The fourth-order valence-electron chi connectivity index (χ4n) is 0. The van der Waals surface area contributed by atoms with Crippen LogP contribution in [0.5, 0.6) is 0 Å². The summed E-state index contributed by atoms with van der Waals surface area (Å²) < 4.78 is 0. The van der Waals surface area contributed by atoms with Gasteiger partial charge >= 0.3 is 25.8 Å². The number of carbonyl (C=O) groups excluding carboxylic acids is 3. The van der Waals surface area contributed by atoms with E-state index in [1.807, 2.05) is 0 Å². The fourth-order valence-corrected chi connectivity index (χ4v) is 0. The number of hydrogen-bond donors (Lipinski definition) is 0. The SMILES string of the molecule is N#CC(=O)[O-].N#CC(=O)[O-].N#CC(=O)[O-].[In+3]. The average molecular weight is 325 g/mol. The Hall–Kier alpha value is -2.25. The average Bonchev–Trinajstić information content (AvgIpc) is 2.19. The van der Waals surface area contributed by atoms with Gasteiger partial charge in [-0.2, -0.15) is 15.8 Å². The topological polar surface area (TPSA) is 192 Å². The summed E-state index contributed by atoms with van der Waals surface area (Å²) in [5, 5.41) is 48.4. The van der Waals surface area contributed by atoms with E-state index in [1.165, 1.54) is 0 Å². The second-order valence-electron chi connectivity index (χ2n) is 1.20. The van der Waals surface area contributed by atoms with Crippen molar-refractivity contribution in [1.82, 2.24) is 0 Å². The summed E-state index contributed by atoms with van der Waals surface area (Å²) in [4.78, 5) is 26.7. The van der Waals surface area contributed by atoms with Gasteiger partial charge in [-0.3, -0.25) is 0 Å². The molecule has 0 radical (unpaired) electrons. The zero-order valence-electron chi connectivity index (χ0n) is 7.37. The first-order valence-corrected chi connectivity index (χ1v) is 2.65. The molecule has 0 aliphatic heterocycles. The second kappa shape index (κ2) is 18.5. The maximum atomic E-state index is 8.90. The summed E-state index contributed by atoms with van der Waals surface area (Å²) in [7, 11) is 0. The van der Waals surface area contributed by atoms with Crippen LogP contribution in [0.2, 0.25) is 0 Å². The minimum Gasteiger partial charge on any atom is -0.535 e. The zero-order valence-corrected chi connectivity index (χ0v) is 10.7. The van der Waals surface area contributed by atoms with Crippen LogP contribution in [0.25, 0.3) is 0 Å². The molecule has 0 atom stereocenters.